The van der Waals surface area contributed by atoms with Crippen LogP contribution in [0.25, 0.3) is 0 Å². The second-order valence-electron chi connectivity index (χ2n) is 8.69. The summed E-state index contributed by atoms with van der Waals surface area (Å²) in [6, 6.07) is 6.36. The van der Waals surface area contributed by atoms with Crippen molar-refractivity contribution in [3.63, 3.8) is 0 Å². The predicted molar refractivity (Wildman–Crippen MR) is 141 cm³/mol. The van der Waals surface area contributed by atoms with E-state index in [0.29, 0.717) is 12.5 Å². The zero-order valence-corrected chi connectivity index (χ0v) is 22.2. The molecule has 2 rings (SSSR count). The van der Waals surface area contributed by atoms with Crippen molar-refractivity contribution in [1.82, 2.24) is 15.5 Å². The number of likely N-dealkylation sites (tertiary alicyclic amines) is 1. The first-order valence-corrected chi connectivity index (χ1v) is 11.6. The Hall–Kier alpha value is -1.06. The van der Waals surface area contributed by atoms with Gasteiger partial charge >= 0.3 is 0 Å². The normalized spacial score (nSPS) is 15.6. The Morgan fingerprint density at radius 3 is 2.68 bits per heavy atom. The van der Waals surface area contributed by atoms with Gasteiger partial charge in [-0.05, 0) is 63.6 Å². The summed E-state index contributed by atoms with van der Waals surface area (Å²) in [5.74, 6) is 2.43. The summed E-state index contributed by atoms with van der Waals surface area (Å²) in [5, 5.41) is 16.4. The SMILES string of the molecule is CCNC(=NCc1ccc(C)cc1OCCC(C)C)NCCCN1CCC(O)CC1.I. The molecule has 0 aromatic heterocycles. The van der Waals surface area contributed by atoms with E-state index in [1.807, 2.05) is 0 Å². The number of halogens is 1. The number of nitrogens with zero attached hydrogens (tertiary/aromatic N) is 2. The molecule has 1 aromatic carbocycles. The number of hydrogen-bond donors (Lipinski definition) is 3. The first-order chi connectivity index (χ1) is 14.5. The smallest absolute Gasteiger partial charge is 0.191 e. The fourth-order valence-corrected chi connectivity index (χ4v) is 3.49. The molecule has 178 valence electrons. The Balaban J connectivity index is 0.00000480. The molecule has 7 heteroatoms. The number of piperidine rings is 1. The number of aliphatic imine (C=N–C) groups is 1. The van der Waals surface area contributed by atoms with Crippen molar-refractivity contribution >= 4 is 29.9 Å². The van der Waals surface area contributed by atoms with E-state index < -0.39 is 0 Å². The van der Waals surface area contributed by atoms with Gasteiger partial charge in [0.2, 0.25) is 0 Å². The van der Waals surface area contributed by atoms with Crippen molar-refractivity contribution in [2.24, 2.45) is 10.9 Å². The molecule has 1 fully saturated rings. The van der Waals surface area contributed by atoms with Gasteiger partial charge in [0.05, 0.1) is 19.3 Å². The van der Waals surface area contributed by atoms with E-state index >= 15 is 0 Å². The third kappa shape index (κ3) is 11.4. The Morgan fingerprint density at radius 1 is 1.26 bits per heavy atom. The fraction of sp³-hybridized carbons (Fsp3) is 0.708. The topological polar surface area (TPSA) is 69.1 Å². The lowest BCUT2D eigenvalue weighted by Gasteiger charge is -2.29. The van der Waals surface area contributed by atoms with Gasteiger partial charge in [-0.3, -0.25) is 0 Å². The van der Waals surface area contributed by atoms with Crippen molar-refractivity contribution in [3.05, 3.63) is 29.3 Å². The molecule has 0 bridgehead atoms. The number of aliphatic hydroxyl groups is 1. The largest absolute Gasteiger partial charge is 0.493 e. The van der Waals surface area contributed by atoms with Gasteiger partial charge in [-0.1, -0.05) is 26.0 Å². The molecule has 1 saturated heterocycles. The Labute approximate surface area is 206 Å². The Morgan fingerprint density at radius 2 is 2.00 bits per heavy atom. The van der Waals surface area contributed by atoms with Crippen molar-refractivity contribution < 1.29 is 9.84 Å². The lowest BCUT2D eigenvalue weighted by Crippen LogP contribution is -2.40. The summed E-state index contributed by atoms with van der Waals surface area (Å²) in [7, 11) is 0. The molecule has 0 radical (unpaired) electrons. The molecule has 0 spiro atoms. The minimum atomic E-state index is -0.104. The fourth-order valence-electron chi connectivity index (χ4n) is 3.49. The maximum atomic E-state index is 9.62. The summed E-state index contributed by atoms with van der Waals surface area (Å²) >= 11 is 0. The molecule has 0 unspecified atom stereocenters. The summed E-state index contributed by atoms with van der Waals surface area (Å²) in [6.45, 7) is 14.7. The molecule has 0 saturated carbocycles. The molecule has 0 atom stereocenters. The Bertz CT molecular complexity index is 646. The predicted octanol–water partition coefficient (Wildman–Crippen LogP) is 3.94. The van der Waals surface area contributed by atoms with Crippen LogP contribution in [0.5, 0.6) is 5.75 Å². The molecule has 1 heterocycles. The third-order valence-corrected chi connectivity index (χ3v) is 5.43. The average molecular weight is 547 g/mol. The van der Waals surface area contributed by atoms with Crippen LogP contribution in [-0.4, -0.2) is 61.4 Å². The lowest BCUT2D eigenvalue weighted by atomic mass is 10.1. The van der Waals surface area contributed by atoms with Crippen molar-refractivity contribution in [2.75, 3.05) is 39.3 Å². The summed E-state index contributed by atoms with van der Waals surface area (Å²) in [6.07, 6.45) is 3.81. The van der Waals surface area contributed by atoms with Gasteiger partial charge in [0.1, 0.15) is 5.75 Å². The highest BCUT2D eigenvalue weighted by molar-refractivity contribution is 14.0. The van der Waals surface area contributed by atoms with Crippen LogP contribution in [0.4, 0.5) is 0 Å². The molecular weight excluding hydrogens is 503 g/mol. The molecule has 31 heavy (non-hydrogen) atoms. The second kappa shape index (κ2) is 15.7. The first kappa shape index (κ1) is 28.0. The van der Waals surface area contributed by atoms with Crippen LogP contribution in [0.15, 0.2) is 23.2 Å². The second-order valence-corrected chi connectivity index (χ2v) is 8.69. The van der Waals surface area contributed by atoms with Crippen LogP contribution in [-0.2, 0) is 6.54 Å². The number of benzene rings is 1. The zero-order chi connectivity index (χ0) is 21.8. The highest BCUT2D eigenvalue weighted by Crippen LogP contribution is 2.22. The van der Waals surface area contributed by atoms with Gasteiger partial charge in [0.25, 0.3) is 0 Å². The van der Waals surface area contributed by atoms with Gasteiger partial charge in [-0.2, -0.15) is 0 Å². The van der Waals surface area contributed by atoms with Crippen LogP contribution in [0.1, 0.15) is 57.6 Å². The van der Waals surface area contributed by atoms with Crippen molar-refractivity contribution in [1.29, 1.82) is 0 Å². The minimum Gasteiger partial charge on any atom is -0.493 e. The summed E-state index contributed by atoms with van der Waals surface area (Å²) in [5.41, 5.74) is 2.32. The van der Waals surface area contributed by atoms with Crippen LogP contribution >= 0.6 is 24.0 Å². The van der Waals surface area contributed by atoms with E-state index in [1.165, 1.54) is 5.56 Å². The maximum absolute atomic E-state index is 9.62. The minimum absolute atomic E-state index is 0. The van der Waals surface area contributed by atoms with E-state index in [-0.39, 0.29) is 30.1 Å². The van der Waals surface area contributed by atoms with Crippen molar-refractivity contribution in [3.8, 4) is 5.75 Å². The molecule has 3 N–H and O–H groups in total. The molecule has 1 aromatic rings. The monoisotopic (exact) mass is 546 g/mol. The van der Waals surface area contributed by atoms with Gasteiger partial charge in [-0.25, -0.2) is 4.99 Å². The number of hydrogen-bond acceptors (Lipinski definition) is 4. The highest BCUT2D eigenvalue weighted by Gasteiger charge is 2.16. The van der Waals surface area contributed by atoms with Gasteiger partial charge in [0, 0.05) is 31.7 Å². The summed E-state index contributed by atoms with van der Waals surface area (Å²) in [4.78, 5) is 7.22. The third-order valence-electron chi connectivity index (χ3n) is 5.43. The number of guanidine groups is 1. The van der Waals surface area contributed by atoms with E-state index in [0.717, 1.165) is 82.3 Å². The molecule has 1 aliphatic heterocycles. The van der Waals surface area contributed by atoms with E-state index in [1.54, 1.807) is 0 Å². The number of nitrogens with one attached hydrogen (secondary N) is 2. The van der Waals surface area contributed by atoms with E-state index in [4.69, 9.17) is 9.73 Å². The molecule has 0 aliphatic carbocycles. The number of ether oxygens (including phenoxy) is 1. The van der Waals surface area contributed by atoms with Gasteiger partial charge in [0.15, 0.2) is 5.96 Å². The Kier molecular flexibility index (Phi) is 14.2. The first-order valence-electron chi connectivity index (χ1n) is 11.6. The van der Waals surface area contributed by atoms with E-state index in [2.05, 4.69) is 61.4 Å². The lowest BCUT2D eigenvalue weighted by molar-refractivity contribution is 0.0823. The van der Waals surface area contributed by atoms with Crippen LogP contribution in [0.2, 0.25) is 0 Å². The molecule has 0 amide bonds. The maximum Gasteiger partial charge on any atom is 0.191 e. The number of aryl methyl sites for hydroxylation is 1. The number of aliphatic hydroxyl groups excluding tert-OH is 1. The zero-order valence-electron chi connectivity index (χ0n) is 19.8. The molecular formula is C24H43IN4O2. The molecule has 6 nitrogen and oxygen atoms in total. The quantitative estimate of drug-likeness (QED) is 0.170. The highest BCUT2D eigenvalue weighted by atomic mass is 127. The number of rotatable bonds is 11. The van der Waals surface area contributed by atoms with Gasteiger partial charge in [-0.15, -0.1) is 24.0 Å². The van der Waals surface area contributed by atoms with Crippen LogP contribution in [0, 0.1) is 12.8 Å². The standard InChI is InChI=1S/C24H42N4O2.HI/c1-5-25-24(26-12-6-13-28-14-9-22(29)10-15-28)27-18-21-8-7-20(4)17-23(21)30-16-11-19(2)3;/h7-8,17,19,22,29H,5-6,9-16,18H2,1-4H3,(H2,25,26,27);1H. The van der Waals surface area contributed by atoms with Crippen LogP contribution in [0.3, 0.4) is 0 Å². The van der Waals surface area contributed by atoms with Gasteiger partial charge < -0.3 is 25.4 Å². The van der Waals surface area contributed by atoms with Crippen molar-refractivity contribution in [2.45, 2.75) is 66.0 Å². The van der Waals surface area contributed by atoms with E-state index in [9.17, 15) is 5.11 Å². The summed E-state index contributed by atoms with van der Waals surface area (Å²) < 4.78 is 6.06. The van der Waals surface area contributed by atoms with Crippen LogP contribution < -0.4 is 15.4 Å². The molecule has 1 aliphatic rings. The average Bonchev–Trinajstić information content (AvgIpc) is 2.71.